The average molecular weight is 588 g/mol. The Bertz CT molecular complexity index is 2510. The van der Waals surface area contributed by atoms with E-state index in [-0.39, 0.29) is 0 Å². The highest BCUT2D eigenvalue weighted by molar-refractivity contribution is 6.11. The van der Waals surface area contributed by atoms with Gasteiger partial charge >= 0.3 is 0 Å². The lowest BCUT2D eigenvalue weighted by atomic mass is 10.00. The fraction of sp³-hybridized carbons (Fsp3) is 0. The van der Waals surface area contributed by atoms with Crippen molar-refractivity contribution in [1.29, 1.82) is 0 Å². The molecule has 0 saturated heterocycles. The molecule has 0 bridgehead atoms. The highest BCUT2D eigenvalue weighted by atomic mass is 16.3. The Morgan fingerprint density at radius 3 is 1.48 bits per heavy atom. The number of furan rings is 1. The maximum Gasteiger partial charge on any atom is 0.136 e. The van der Waals surface area contributed by atoms with Gasteiger partial charge in [0, 0.05) is 27.8 Å². The normalized spacial score (nSPS) is 11.5. The van der Waals surface area contributed by atoms with Crippen LogP contribution in [0.25, 0.3) is 65.7 Å². The monoisotopic (exact) mass is 587 g/mol. The van der Waals surface area contributed by atoms with Crippen molar-refractivity contribution >= 4 is 60.5 Å². The zero-order valence-electron chi connectivity index (χ0n) is 25.1. The van der Waals surface area contributed by atoms with E-state index in [4.69, 9.17) is 4.42 Å². The van der Waals surface area contributed by atoms with E-state index in [9.17, 15) is 0 Å². The number of fused-ring (bicyclic) bond motifs is 5. The molecule has 0 unspecified atom stereocenters. The van der Waals surface area contributed by atoms with Gasteiger partial charge in [-0.25, -0.2) is 0 Å². The number of benzene rings is 8. The topological polar surface area (TPSA) is 16.4 Å². The quantitative estimate of drug-likeness (QED) is 0.199. The number of nitrogens with zero attached hydrogens (tertiary/aromatic N) is 1. The Balaban J connectivity index is 1.15. The average Bonchev–Trinajstić information content (AvgIpc) is 3.48. The second-order valence-electron chi connectivity index (χ2n) is 11.8. The minimum Gasteiger partial charge on any atom is -0.456 e. The maximum absolute atomic E-state index is 6.35. The molecule has 0 aliphatic heterocycles. The molecule has 0 amide bonds. The summed E-state index contributed by atoms with van der Waals surface area (Å²) >= 11 is 0. The molecule has 8 aromatic carbocycles. The van der Waals surface area contributed by atoms with Crippen LogP contribution in [-0.4, -0.2) is 0 Å². The van der Waals surface area contributed by atoms with Crippen molar-refractivity contribution in [2.75, 3.05) is 4.90 Å². The molecule has 216 valence electrons. The Morgan fingerprint density at radius 1 is 0.304 bits per heavy atom. The third kappa shape index (κ3) is 4.60. The van der Waals surface area contributed by atoms with Gasteiger partial charge < -0.3 is 9.32 Å². The number of hydrogen-bond donors (Lipinski definition) is 0. The van der Waals surface area contributed by atoms with Crippen molar-refractivity contribution < 1.29 is 4.42 Å². The Hall–Kier alpha value is -6.12. The summed E-state index contributed by atoms with van der Waals surface area (Å²) in [5, 5.41) is 7.07. The molecule has 0 radical (unpaired) electrons. The van der Waals surface area contributed by atoms with Crippen molar-refractivity contribution in [3.05, 3.63) is 176 Å². The predicted molar refractivity (Wildman–Crippen MR) is 194 cm³/mol. The van der Waals surface area contributed by atoms with E-state index in [2.05, 4.69) is 181 Å². The number of hydrogen-bond acceptors (Lipinski definition) is 2. The van der Waals surface area contributed by atoms with Crippen LogP contribution in [0.5, 0.6) is 0 Å². The van der Waals surface area contributed by atoms with Crippen LogP contribution in [0.1, 0.15) is 0 Å². The van der Waals surface area contributed by atoms with Gasteiger partial charge in [0.2, 0.25) is 0 Å². The van der Waals surface area contributed by atoms with Crippen molar-refractivity contribution in [1.82, 2.24) is 0 Å². The molecule has 0 spiro atoms. The minimum absolute atomic E-state index is 0.891. The Labute approximate surface area is 267 Å². The third-order valence-electron chi connectivity index (χ3n) is 9.02. The van der Waals surface area contributed by atoms with E-state index in [0.29, 0.717) is 0 Å². The van der Waals surface area contributed by atoms with E-state index >= 15 is 0 Å². The van der Waals surface area contributed by atoms with Crippen molar-refractivity contribution in [2.24, 2.45) is 0 Å². The number of rotatable bonds is 5. The molecule has 0 aliphatic rings. The zero-order valence-corrected chi connectivity index (χ0v) is 25.1. The van der Waals surface area contributed by atoms with Gasteiger partial charge in [0.1, 0.15) is 11.2 Å². The molecule has 0 atom stereocenters. The summed E-state index contributed by atoms with van der Waals surface area (Å²) in [5.74, 6) is 0. The summed E-state index contributed by atoms with van der Waals surface area (Å²) in [6, 6.07) is 62.8. The molecule has 46 heavy (non-hydrogen) atoms. The lowest BCUT2D eigenvalue weighted by Crippen LogP contribution is -2.09. The molecule has 1 aromatic heterocycles. The van der Waals surface area contributed by atoms with E-state index < -0.39 is 0 Å². The molecule has 0 fully saturated rings. The molecule has 9 aromatic rings. The SMILES string of the molecule is c1ccc(-c2ccc(-c3ccc(N(c4ccc5ccccc5c4)c4ccc5oc6cc7ccccc7cc6c5c4)cc3)cc2)cc1. The summed E-state index contributed by atoms with van der Waals surface area (Å²) in [7, 11) is 0. The fourth-order valence-electron chi connectivity index (χ4n) is 6.64. The van der Waals surface area contributed by atoms with Gasteiger partial charge in [0.25, 0.3) is 0 Å². The van der Waals surface area contributed by atoms with Crippen LogP contribution in [0.4, 0.5) is 17.1 Å². The van der Waals surface area contributed by atoms with Crippen LogP contribution in [0, 0.1) is 0 Å². The van der Waals surface area contributed by atoms with Gasteiger partial charge in [-0.1, -0.05) is 121 Å². The van der Waals surface area contributed by atoms with Gasteiger partial charge in [-0.05, 0) is 98.4 Å². The molecule has 2 nitrogen and oxygen atoms in total. The smallest absolute Gasteiger partial charge is 0.136 e. The van der Waals surface area contributed by atoms with Gasteiger partial charge in [0.05, 0.1) is 0 Å². The first kappa shape index (κ1) is 26.3. The highest BCUT2D eigenvalue weighted by Crippen LogP contribution is 2.41. The standard InChI is InChI=1S/C44H29NO/c1-2-8-30(9-3-1)32-14-16-33(17-15-32)34-18-21-38(22-19-34)45(39-23-20-31-10-4-5-11-35(31)26-39)40-24-25-43-42(29-40)41-27-36-12-6-7-13-37(36)28-44(41)46-43/h1-29H. The Kier molecular flexibility index (Phi) is 6.17. The largest absolute Gasteiger partial charge is 0.456 e. The first-order chi connectivity index (χ1) is 22.8. The molecule has 2 heteroatoms. The molecule has 0 aliphatic carbocycles. The van der Waals surface area contributed by atoms with Gasteiger partial charge in [0.15, 0.2) is 0 Å². The lowest BCUT2D eigenvalue weighted by molar-refractivity contribution is 0.669. The highest BCUT2D eigenvalue weighted by Gasteiger charge is 2.17. The molecular formula is C44H29NO. The van der Waals surface area contributed by atoms with Gasteiger partial charge in [-0.3, -0.25) is 0 Å². The van der Waals surface area contributed by atoms with Crippen LogP contribution in [0.3, 0.4) is 0 Å². The summed E-state index contributed by atoms with van der Waals surface area (Å²) in [5.41, 5.74) is 9.91. The summed E-state index contributed by atoms with van der Waals surface area (Å²) in [4.78, 5) is 2.34. The predicted octanol–water partition coefficient (Wildman–Crippen LogP) is 12.7. The van der Waals surface area contributed by atoms with Crippen molar-refractivity contribution in [3.63, 3.8) is 0 Å². The lowest BCUT2D eigenvalue weighted by Gasteiger charge is -2.26. The van der Waals surface area contributed by atoms with Crippen LogP contribution in [0.15, 0.2) is 180 Å². The second-order valence-corrected chi connectivity index (χ2v) is 11.8. The third-order valence-corrected chi connectivity index (χ3v) is 9.02. The molecule has 0 N–H and O–H groups in total. The Morgan fingerprint density at radius 2 is 0.783 bits per heavy atom. The summed E-state index contributed by atoms with van der Waals surface area (Å²) < 4.78 is 6.35. The van der Waals surface area contributed by atoms with Gasteiger partial charge in [-0.15, -0.1) is 0 Å². The van der Waals surface area contributed by atoms with E-state index in [0.717, 1.165) is 39.0 Å². The molecule has 9 rings (SSSR count). The minimum atomic E-state index is 0.891. The van der Waals surface area contributed by atoms with Crippen LogP contribution in [0.2, 0.25) is 0 Å². The second kappa shape index (κ2) is 10.8. The van der Waals surface area contributed by atoms with Crippen LogP contribution < -0.4 is 4.90 Å². The first-order valence-corrected chi connectivity index (χ1v) is 15.7. The van der Waals surface area contributed by atoms with E-state index in [1.165, 1.54) is 43.8 Å². The molecular weight excluding hydrogens is 558 g/mol. The van der Waals surface area contributed by atoms with Crippen molar-refractivity contribution in [3.8, 4) is 22.3 Å². The summed E-state index contributed by atoms with van der Waals surface area (Å²) in [6.45, 7) is 0. The zero-order chi connectivity index (χ0) is 30.5. The van der Waals surface area contributed by atoms with Gasteiger partial charge in [-0.2, -0.15) is 0 Å². The summed E-state index contributed by atoms with van der Waals surface area (Å²) in [6.07, 6.45) is 0. The molecule has 0 saturated carbocycles. The van der Waals surface area contributed by atoms with E-state index in [1.807, 2.05) is 0 Å². The van der Waals surface area contributed by atoms with Crippen molar-refractivity contribution in [2.45, 2.75) is 0 Å². The van der Waals surface area contributed by atoms with Crippen LogP contribution in [-0.2, 0) is 0 Å². The maximum atomic E-state index is 6.35. The number of anilines is 3. The van der Waals surface area contributed by atoms with Crippen LogP contribution >= 0.6 is 0 Å². The fourth-order valence-corrected chi connectivity index (χ4v) is 6.64. The first-order valence-electron chi connectivity index (χ1n) is 15.7. The van der Waals surface area contributed by atoms with E-state index in [1.54, 1.807) is 0 Å². The molecule has 1 heterocycles.